The largest absolute Gasteiger partial charge is 0.479 e. The van der Waals surface area contributed by atoms with Gasteiger partial charge in [-0.05, 0) is 24.3 Å². The first-order chi connectivity index (χ1) is 9.42. The Morgan fingerprint density at radius 2 is 2.15 bits per heavy atom. The molecule has 0 radical (unpaired) electrons. The molecule has 2 N–H and O–H groups in total. The summed E-state index contributed by atoms with van der Waals surface area (Å²) in [4.78, 5) is 23.8. The predicted octanol–water partition coefficient (Wildman–Crippen LogP) is 0.957. The van der Waals surface area contributed by atoms with Gasteiger partial charge < -0.3 is 10.4 Å². The van der Waals surface area contributed by atoms with Gasteiger partial charge in [-0.25, -0.2) is 13.2 Å². The van der Waals surface area contributed by atoms with E-state index in [9.17, 15) is 18.0 Å². The fraction of sp³-hybridized carbons (Fsp3) is 0.500. The summed E-state index contributed by atoms with van der Waals surface area (Å²) < 4.78 is 23.7. The molecule has 8 heteroatoms. The molecule has 2 heterocycles. The van der Waals surface area contributed by atoms with Crippen molar-refractivity contribution in [3.8, 4) is 0 Å². The van der Waals surface area contributed by atoms with E-state index in [-0.39, 0.29) is 12.2 Å². The van der Waals surface area contributed by atoms with Crippen molar-refractivity contribution in [2.45, 2.75) is 30.6 Å². The van der Waals surface area contributed by atoms with Crippen LogP contribution < -0.4 is 5.32 Å². The first-order valence-electron chi connectivity index (χ1n) is 6.20. The maximum atomic E-state index is 12.1. The van der Waals surface area contributed by atoms with E-state index in [4.69, 9.17) is 5.11 Å². The van der Waals surface area contributed by atoms with Crippen molar-refractivity contribution in [3.05, 3.63) is 22.4 Å². The number of carboxylic acid groups (broad SMARTS) is 1. The predicted molar refractivity (Wildman–Crippen MR) is 74.3 cm³/mol. The minimum Gasteiger partial charge on any atom is -0.479 e. The molecule has 2 rings (SSSR count). The molecule has 1 aromatic rings. The van der Waals surface area contributed by atoms with Crippen LogP contribution in [0.3, 0.4) is 0 Å². The van der Waals surface area contributed by atoms with Gasteiger partial charge in [0.25, 0.3) is 0 Å². The van der Waals surface area contributed by atoms with Gasteiger partial charge in [0, 0.05) is 4.88 Å². The lowest BCUT2D eigenvalue weighted by molar-refractivity contribution is -0.141. The Hall–Kier alpha value is -1.41. The van der Waals surface area contributed by atoms with E-state index in [1.807, 2.05) is 0 Å². The van der Waals surface area contributed by atoms with Crippen molar-refractivity contribution < 1.29 is 23.1 Å². The van der Waals surface area contributed by atoms with Crippen molar-refractivity contribution in [1.82, 2.24) is 5.32 Å². The number of aliphatic carboxylic acids is 1. The number of carboxylic acids is 1. The summed E-state index contributed by atoms with van der Waals surface area (Å²) in [7, 11) is -3.46. The minimum atomic E-state index is -3.46. The highest BCUT2D eigenvalue weighted by atomic mass is 32.2. The molecule has 0 aromatic carbocycles. The zero-order valence-corrected chi connectivity index (χ0v) is 12.2. The van der Waals surface area contributed by atoms with E-state index >= 15 is 0 Å². The first kappa shape index (κ1) is 15.0. The average Bonchev–Trinajstić information content (AvgIpc) is 2.88. The lowest BCUT2D eigenvalue weighted by atomic mass is 10.1. The van der Waals surface area contributed by atoms with Gasteiger partial charge in [0.1, 0.15) is 5.25 Å². The molecule has 20 heavy (non-hydrogen) atoms. The molecule has 0 bridgehead atoms. The number of thiophene rings is 1. The molecule has 0 saturated carbocycles. The van der Waals surface area contributed by atoms with Crippen LogP contribution in [0.5, 0.6) is 0 Å². The van der Waals surface area contributed by atoms with Crippen molar-refractivity contribution in [3.63, 3.8) is 0 Å². The number of rotatable bonds is 4. The average molecular weight is 317 g/mol. The van der Waals surface area contributed by atoms with Crippen molar-refractivity contribution in [1.29, 1.82) is 0 Å². The van der Waals surface area contributed by atoms with Crippen LogP contribution in [0.1, 0.15) is 30.2 Å². The summed E-state index contributed by atoms with van der Waals surface area (Å²) in [5.41, 5.74) is 0. The van der Waals surface area contributed by atoms with Crippen LogP contribution >= 0.6 is 11.3 Å². The standard InChI is InChI=1S/C12H15NO5S2/c14-11(9-5-1-2-7-20(9,17)18)13-10(12(15)16)8-4-3-6-19-8/h3-4,6,9-10H,1-2,5,7H2,(H,13,14)(H,15,16). The van der Waals surface area contributed by atoms with Gasteiger partial charge in [-0.3, -0.25) is 4.79 Å². The summed E-state index contributed by atoms with van der Waals surface area (Å²) >= 11 is 1.20. The third kappa shape index (κ3) is 3.18. The molecule has 1 aliphatic rings. The van der Waals surface area contributed by atoms with Crippen LogP contribution in [0.15, 0.2) is 17.5 Å². The molecule has 1 aliphatic heterocycles. The minimum absolute atomic E-state index is 0.0121. The van der Waals surface area contributed by atoms with Crippen LogP contribution in [0.2, 0.25) is 0 Å². The summed E-state index contributed by atoms with van der Waals surface area (Å²) in [5, 5.41) is 12.1. The number of carbonyl (C=O) groups is 2. The summed E-state index contributed by atoms with van der Waals surface area (Å²) in [6, 6.07) is 2.08. The van der Waals surface area contributed by atoms with Crippen LogP contribution in [0.25, 0.3) is 0 Å². The Morgan fingerprint density at radius 3 is 2.70 bits per heavy atom. The second-order valence-corrected chi connectivity index (χ2v) is 7.93. The van der Waals surface area contributed by atoms with Crippen LogP contribution in [0, 0.1) is 0 Å². The second-order valence-electron chi connectivity index (χ2n) is 4.65. The number of hydrogen-bond acceptors (Lipinski definition) is 5. The molecule has 1 saturated heterocycles. The summed E-state index contributed by atoms with van der Waals surface area (Å²) in [6.07, 6.45) is 1.47. The van der Waals surface area contributed by atoms with E-state index < -0.39 is 33.0 Å². The summed E-state index contributed by atoms with van der Waals surface area (Å²) in [6.45, 7) is 0. The van der Waals surface area contributed by atoms with Gasteiger partial charge in [-0.15, -0.1) is 11.3 Å². The van der Waals surface area contributed by atoms with Gasteiger partial charge in [-0.1, -0.05) is 12.5 Å². The number of hydrogen-bond donors (Lipinski definition) is 2. The van der Waals surface area contributed by atoms with Crippen LogP contribution in [0.4, 0.5) is 0 Å². The molecule has 0 spiro atoms. The van der Waals surface area contributed by atoms with Gasteiger partial charge in [0.05, 0.1) is 5.75 Å². The molecule has 110 valence electrons. The van der Waals surface area contributed by atoms with Crippen LogP contribution in [-0.4, -0.2) is 36.4 Å². The molecule has 0 aliphatic carbocycles. The smallest absolute Gasteiger partial charge is 0.331 e. The normalized spacial score (nSPS) is 22.9. The first-order valence-corrected chi connectivity index (χ1v) is 8.79. The number of sulfone groups is 1. The van der Waals surface area contributed by atoms with Crippen LogP contribution in [-0.2, 0) is 19.4 Å². The number of nitrogens with one attached hydrogen (secondary N) is 1. The Labute approximate surface area is 120 Å². The molecular formula is C12H15NO5S2. The van der Waals surface area contributed by atoms with Gasteiger partial charge >= 0.3 is 5.97 Å². The van der Waals surface area contributed by atoms with Crippen molar-refractivity contribution >= 4 is 33.1 Å². The molecular weight excluding hydrogens is 302 g/mol. The maximum absolute atomic E-state index is 12.1. The fourth-order valence-electron chi connectivity index (χ4n) is 2.19. The van der Waals surface area contributed by atoms with E-state index in [2.05, 4.69) is 5.32 Å². The molecule has 2 atom stereocenters. The number of amides is 1. The fourth-order valence-corrected chi connectivity index (χ4v) is 4.77. The maximum Gasteiger partial charge on any atom is 0.331 e. The zero-order chi connectivity index (χ0) is 14.8. The van der Waals surface area contributed by atoms with E-state index in [1.165, 1.54) is 11.3 Å². The van der Waals surface area contributed by atoms with E-state index in [0.29, 0.717) is 17.7 Å². The monoisotopic (exact) mass is 317 g/mol. The highest BCUT2D eigenvalue weighted by molar-refractivity contribution is 7.92. The lowest BCUT2D eigenvalue weighted by Gasteiger charge is -2.23. The quantitative estimate of drug-likeness (QED) is 0.861. The van der Waals surface area contributed by atoms with Crippen molar-refractivity contribution in [2.24, 2.45) is 0 Å². The molecule has 2 unspecified atom stereocenters. The number of carbonyl (C=O) groups excluding carboxylic acids is 1. The third-order valence-electron chi connectivity index (χ3n) is 3.23. The second kappa shape index (κ2) is 5.92. The SMILES string of the molecule is O=C(O)C(NC(=O)C1CCCCS1(=O)=O)c1cccs1. The molecule has 1 aromatic heterocycles. The molecule has 6 nitrogen and oxygen atoms in total. The third-order valence-corrected chi connectivity index (χ3v) is 6.34. The van der Waals surface area contributed by atoms with E-state index in [1.54, 1.807) is 17.5 Å². The lowest BCUT2D eigenvalue weighted by Crippen LogP contribution is -2.45. The Kier molecular flexibility index (Phi) is 4.44. The van der Waals surface area contributed by atoms with Crippen molar-refractivity contribution in [2.75, 3.05) is 5.75 Å². The Bertz CT molecular complexity index is 593. The van der Waals surface area contributed by atoms with E-state index in [0.717, 1.165) is 0 Å². The Morgan fingerprint density at radius 1 is 1.40 bits per heavy atom. The summed E-state index contributed by atoms with van der Waals surface area (Å²) in [5.74, 6) is -1.93. The van der Waals surface area contributed by atoms with Gasteiger partial charge in [-0.2, -0.15) is 0 Å². The van der Waals surface area contributed by atoms with Gasteiger partial charge in [0.2, 0.25) is 5.91 Å². The topological polar surface area (TPSA) is 101 Å². The van der Waals surface area contributed by atoms with Gasteiger partial charge in [0.15, 0.2) is 15.9 Å². The molecule has 1 fully saturated rings. The highest BCUT2D eigenvalue weighted by Crippen LogP contribution is 2.23. The highest BCUT2D eigenvalue weighted by Gasteiger charge is 2.37. The molecule has 1 amide bonds. The zero-order valence-electron chi connectivity index (χ0n) is 10.6. The Balaban J connectivity index is 2.15.